The number of carbonyl (C=O) groups is 3. The third-order valence-electron chi connectivity index (χ3n) is 10.5. The van der Waals surface area contributed by atoms with Gasteiger partial charge in [0.1, 0.15) is 11.8 Å². The number of aliphatic hydroxyl groups excluding tert-OH is 1. The smallest absolute Gasteiger partial charge is 0.247 e. The maximum Gasteiger partial charge on any atom is 0.247 e. The summed E-state index contributed by atoms with van der Waals surface area (Å²) in [5.41, 5.74) is 0.703. The number of ether oxygens (including phenoxy) is 2. The zero-order chi connectivity index (χ0) is 33.9. The predicted octanol–water partition coefficient (Wildman–Crippen LogP) is 3.45. The molecule has 11 heteroatoms. The van der Waals surface area contributed by atoms with Crippen LogP contribution in [-0.2, 0) is 19.1 Å². The number of thioether (sulfide) groups is 1. The highest BCUT2D eigenvalue weighted by Crippen LogP contribution is 2.72. The third-order valence-corrected chi connectivity index (χ3v) is 12.5. The number of carbonyl (C=O) groups excluding carboxylic acids is 3. The van der Waals surface area contributed by atoms with Crippen LogP contribution < -0.4 is 9.64 Å². The van der Waals surface area contributed by atoms with Crippen molar-refractivity contribution in [3.8, 4) is 5.75 Å². The summed E-state index contributed by atoms with van der Waals surface area (Å²) in [6.45, 7) is 20.8. The second-order valence-electron chi connectivity index (χ2n) is 13.7. The molecule has 47 heavy (non-hydrogen) atoms. The molecule has 0 aromatic heterocycles. The van der Waals surface area contributed by atoms with E-state index in [1.165, 1.54) is 0 Å². The van der Waals surface area contributed by atoms with E-state index in [0.717, 1.165) is 13.1 Å². The van der Waals surface area contributed by atoms with Crippen LogP contribution in [0.3, 0.4) is 0 Å². The average molecular weight is 669 g/mol. The normalized spacial score (nSPS) is 29.1. The summed E-state index contributed by atoms with van der Waals surface area (Å²) in [5.74, 6) is -1.20. The zero-order valence-corrected chi connectivity index (χ0v) is 29.3. The Labute approximate surface area is 284 Å². The number of hydrogen-bond donors (Lipinski definition) is 1. The number of fused-ring (bicyclic) bond motifs is 1. The molecule has 0 saturated carbocycles. The molecule has 3 amide bonds. The Balaban J connectivity index is 1.53. The standard InChI is InChI=1S/C36H52N4O6S/c1-7-16-38(19-18-37-20-22-45-23-21-37)34(44)31-36-15-14-35(6,47-36)29(30(36)33(43)40(31)28(24-41)25(4)5)32(42)39(17-8-2)26-10-12-27(13-11-26)46-9-3/h7-8,10-13,25,28-31,41H,1-2,9,14-24H2,3-6H3/t28-,29+,30-,31?,35-,36?/m0/s1. The molecular formula is C36H52N4O6S. The minimum Gasteiger partial charge on any atom is -0.494 e. The number of hydrogen-bond acceptors (Lipinski definition) is 8. The fourth-order valence-electron chi connectivity index (χ4n) is 8.21. The number of morpholine rings is 1. The molecule has 4 fully saturated rings. The van der Waals surface area contributed by atoms with Gasteiger partial charge < -0.3 is 29.3 Å². The fourth-order valence-corrected chi connectivity index (χ4v) is 10.5. The van der Waals surface area contributed by atoms with Gasteiger partial charge >= 0.3 is 0 Å². The molecule has 10 nitrogen and oxygen atoms in total. The van der Waals surface area contributed by atoms with Crippen molar-refractivity contribution in [2.45, 2.75) is 62.1 Å². The Bertz CT molecular complexity index is 1320. The Hall–Kier alpha value is -2.86. The van der Waals surface area contributed by atoms with Crippen LogP contribution in [0.25, 0.3) is 0 Å². The number of benzene rings is 1. The Kier molecular flexibility index (Phi) is 11.1. The first-order chi connectivity index (χ1) is 22.6. The van der Waals surface area contributed by atoms with Gasteiger partial charge in [0.2, 0.25) is 17.7 Å². The number of aliphatic hydroxyl groups is 1. The summed E-state index contributed by atoms with van der Waals surface area (Å²) in [6.07, 6.45) is 4.79. The number of likely N-dealkylation sites (tertiary alicyclic amines) is 1. The van der Waals surface area contributed by atoms with E-state index in [9.17, 15) is 19.5 Å². The molecule has 4 heterocycles. The zero-order valence-electron chi connectivity index (χ0n) is 28.4. The lowest BCUT2D eigenvalue weighted by molar-refractivity contribution is -0.147. The minimum atomic E-state index is -0.799. The second-order valence-corrected chi connectivity index (χ2v) is 15.6. The van der Waals surface area contributed by atoms with Gasteiger partial charge in [-0.3, -0.25) is 19.3 Å². The molecule has 4 saturated heterocycles. The van der Waals surface area contributed by atoms with Gasteiger partial charge in [0.15, 0.2) is 0 Å². The molecule has 4 aliphatic rings. The molecule has 1 N–H and O–H groups in total. The van der Waals surface area contributed by atoms with Crippen molar-refractivity contribution >= 4 is 35.2 Å². The van der Waals surface area contributed by atoms with Crippen LogP contribution in [-0.4, -0.2) is 125 Å². The highest BCUT2D eigenvalue weighted by atomic mass is 32.2. The van der Waals surface area contributed by atoms with Crippen LogP contribution in [0, 0.1) is 17.8 Å². The lowest BCUT2D eigenvalue weighted by Gasteiger charge is -2.41. The lowest BCUT2D eigenvalue weighted by Crippen LogP contribution is -2.59. The van der Waals surface area contributed by atoms with Gasteiger partial charge in [-0.05, 0) is 56.9 Å². The number of amides is 3. The Morgan fingerprint density at radius 2 is 1.81 bits per heavy atom. The van der Waals surface area contributed by atoms with E-state index in [2.05, 4.69) is 25.0 Å². The fraction of sp³-hybridized carbons (Fsp3) is 0.639. The number of nitrogens with zero attached hydrogens (tertiary/aromatic N) is 4. The molecule has 1 aromatic carbocycles. The summed E-state index contributed by atoms with van der Waals surface area (Å²) in [6, 6.07) is 6.06. The predicted molar refractivity (Wildman–Crippen MR) is 185 cm³/mol. The summed E-state index contributed by atoms with van der Waals surface area (Å²) in [4.78, 5) is 52.0. The van der Waals surface area contributed by atoms with Crippen LogP contribution in [0.4, 0.5) is 5.69 Å². The topological polar surface area (TPSA) is 103 Å². The second kappa shape index (κ2) is 14.7. The molecule has 258 valence electrons. The lowest BCUT2D eigenvalue weighted by atomic mass is 9.66. The SMILES string of the molecule is C=CCN(CCN1CCOCC1)C(=O)C1N([C@@H](CO)C(C)C)C(=O)[C@@H]2[C@H](C(=O)N(CC=C)c3ccc(OCC)cc3)[C@]3(C)CCC12S3. The molecule has 5 rings (SSSR count). The van der Waals surface area contributed by atoms with Crippen LogP contribution in [0.15, 0.2) is 49.6 Å². The van der Waals surface area contributed by atoms with Gasteiger partial charge in [-0.15, -0.1) is 24.9 Å². The van der Waals surface area contributed by atoms with E-state index in [4.69, 9.17) is 9.47 Å². The first-order valence-corrected chi connectivity index (χ1v) is 17.9. The van der Waals surface area contributed by atoms with Crippen LogP contribution in [0.1, 0.15) is 40.5 Å². The Morgan fingerprint density at radius 3 is 2.40 bits per heavy atom. The number of rotatable bonds is 15. The van der Waals surface area contributed by atoms with E-state index in [1.54, 1.807) is 33.7 Å². The minimum absolute atomic E-state index is 0.0938. The summed E-state index contributed by atoms with van der Waals surface area (Å²) in [5, 5.41) is 10.7. The molecule has 2 bridgehead atoms. The molecular weight excluding hydrogens is 616 g/mol. The van der Waals surface area contributed by atoms with Crippen LogP contribution in [0.5, 0.6) is 5.75 Å². The molecule has 1 aromatic rings. The average Bonchev–Trinajstić information content (AvgIpc) is 3.63. The van der Waals surface area contributed by atoms with E-state index in [1.807, 2.05) is 49.9 Å². The van der Waals surface area contributed by atoms with Crippen molar-refractivity contribution in [3.63, 3.8) is 0 Å². The first kappa shape index (κ1) is 35.4. The quantitative estimate of drug-likeness (QED) is 0.284. The maximum absolute atomic E-state index is 14.9. The van der Waals surface area contributed by atoms with Gasteiger partial charge in [-0.25, -0.2) is 0 Å². The van der Waals surface area contributed by atoms with Crippen molar-refractivity contribution in [1.82, 2.24) is 14.7 Å². The summed E-state index contributed by atoms with van der Waals surface area (Å²) < 4.78 is 9.82. The summed E-state index contributed by atoms with van der Waals surface area (Å²) in [7, 11) is 0. The highest BCUT2D eigenvalue weighted by molar-refractivity contribution is 8.02. The van der Waals surface area contributed by atoms with Gasteiger partial charge in [0.25, 0.3) is 0 Å². The molecule has 0 radical (unpaired) electrons. The third kappa shape index (κ3) is 6.48. The van der Waals surface area contributed by atoms with E-state index >= 15 is 0 Å². The van der Waals surface area contributed by atoms with E-state index < -0.39 is 33.4 Å². The van der Waals surface area contributed by atoms with Gasteiger partial charge in [0, 0.05) is 49.7 Å². The van der Waals surface area contributed by atoms with Crippen molar-refractivity contribution in [2.24, 2.45) is 17.8 Å². The van der Waals surface area contributed by atoms with Gasteiger partial charge in [0.05, 0.1) is 49.1 Å². The van der Waals surface area contributed by atoms with Crippen molar-refractivity contribution in [3.05, 3.63) is 49.6 Å². The van der Waals surface area contributed by atoms with E-state index in [0.29, 0.717) is 63.7 Å². The summed E-state index contributed by atoms with van der Waals surface area (Å²) >= 11 is 1.66. The van der Waals surface area contributed by atoms with E-state index in [-0.39, 0.29) is 36.8 Å². The van der Waals surface area contributed by atoms with Gasteiger partial charge in [-0.2, -0.15) is 0 Å². The number of anilines is 1. The van der Waals surface area contributed by atoms with Crippen LogP contribution in [0.2, 0.25) is 0 Å². The molecule has 6 atom stereocenters. The molecule has 0 aliphatic carbocycles. The van der Waals surface area contributed by atoms with Crippen molar-refractivity contribution in [2.75, 3.05) is 70.6 Å². The highest BCUT2D eigenvalue weighted by Gasteiger charge is 2.78. The van der Waals surface area contributed by atoms with Crippen LogP contribution >= 0.6 is 11.8 Å². The van der Waals surface area contributed by atoms with Gasteiger partial charge in [-0.1, -0.05) is 26.0 Å². The molecule has 2 unspecified atom stereocenters. The van der Waals surface area contributed by atoms with Crippen molar-refractivity contribution < 1.29 is 29.0 Å². The monoisotopic (exact) mass is 668 g/mol. The molecule has 4 aliphatic heterocycles. The largest absolute Gasteiger partial charge is 0.494 e. The first-order valence-electron chi connectivity index (χ1n) is 17.0. The molecule has 1 spiro atoms. The Morgan fingerprint density at radius 1 is 1.13 bits per heavy atom. The van der Waals surface area contributed by atoms with Crippen molar-refractivity contribution in [1.29, 1.82) is 0 Å². The maximum atomic E-state index is 14.9.